The Kier molecular flexibility index (Phi) is 7.57. The predicted octanol–water partition coefficient (Wildman–Crippen LogP) is 1.68. The van der Waals surface area contributed by atoms with Crippen LogP contribution in [0.4, 0.5) is 4.79 Å². The fourth-order valence-corrected chi connectivity index (χ4v) is 1.53. The molecule has 2 amide bonds. The topological polar surface area (TPSA) is 93.4 Å². The van der Waals surface area contributed by atoms with Crippen LogP contribution in [0.2, 0.25) is 0 Å². The van der Waals surface area contributed by atoms with E-state index < -0.39 is 17.9 Å². The molecular formula is C13H23N3O3. The van der Waals surface area contributed by atoms with Crippen molar-refractivity contribution >= 4 is 12.0 Å². The van der Waals surface area contributed by atoms with E-state index in [2.05, 4.69) is 5.32 Å². The summed E-state index contributed by atoms with van der Waals surface area (Å²) in [5.41, 5.74) is 0. The van der Waals surface area contributed by atoms with Gasteiger partial charge in [-0.25, -0.2) is 4.79 Å². The van der Waals surface area contributed by atoms with Crippen molar-refractivity contribution in [2.75, 3.05) is 13.1 Å². The third-order valence-electron chi connectivity index (χ3n) is 2.86. The van der Waals surface area contributed by atoms with Gasteiger partial charge in [-0.15, -0.1) is 0 Å². The van der Waals surface area contributed by atoms with Crippen molar-refractivity contribution < 1.29 is 14.7 Å². The number of carboxylic acids is 1. The average Bonchev–Trinajstić information content (AvgIpc) is 2.32. The molecule has 0 aliphatic carbocycles. The molecule has 0 aromatic carbocycles. The van der Waals surface area contributed by atoms with Gasteiger partial charge in [0.15, 0.2) is 0 Å². The monoisotopic (exact) mass is 269 g/mol. The molecule has 0 rings (SSSR count). The molecule has 0 spiro atoms. The number of carbonyl (C=O) groups excluding carboxylic acids is 1. The number of carboxylic acid groups (broad SMARTS) is 1. The molecule has 0 aromatic rings. The Labute approximate surface area is 114 Å². The number of hydrogen-bond acceptors (Lipinski definition) is 3. The predicted molar refractivity (Wildman–Crippen MR) is 71.4 cm³/mol. The van der Waals surface area contributed by atoms with Gasteiger partial charge in [0.25, 0.3) is 0 Å². The smallest absolute Gasteiger partial charge is 0.317 e. The number of aliphatic carboxylic acids is 1. The van der Waals surface area contributed by atoms with Crippen LogP contribution in [0.3, 0.4) is 0 Å². The summed E-state index contributed by atoms with van der Waals surface area (Å²) in [5.74, 6) is -1.31. The number of amides is 2. The van der Waals surface area contributed by atoms with Crippen LogP contribution in [-0.2, 0) is 4.79 Å². The summed E-state index contributed by atoms with van der Waals surface area (Å²) in [5, 5.41) is 20.1. The van der Waals surface area contributed by atoms with Crippen LogP contribution >= 0.6 is 0 Å². The molecule has 0 bridgehead atoms. The van der Waals surface area contributed by atoms with Crippen LogP contribution in [0.5, 0.6) is 0 Å². The van der Waals surface area contributed by atoms with Crippen LogP contribution in [0.25, 0.3) is 0 Å². The Morgan fingerprint density at radius 1 is 1.32 bits per heavy atom. The Morgan fingerprint density at radius 2 is 1.89 bits per heavy atom. The largest absolute Gasteiger partial charge is 0.481 e. The third kappa shape index (κ3) is 6.65. The zero-order chi connectivity index (χ0) is 15.0. The molecule has 0 saturated heterocycles. The van der Waals surface area contributed by atoms with Gasteiger partial charge in [0, 0.05) is 19.1 Å². The number of nitriles is 1. The molecule has 108 valence electrons. The lowest BCUT2D eigenvalue weighted by Gasteiger charge is -2.27. The summed E-state index contributed by atoms with van der Waals surface area (Å²) in [4.78, 5) is 24.4. The van der Waals surface area contributed by atoms with E-state index >= 15 is 0 Å². The number of nitrogens with one attached hydrogen (secondary N) is 1. The minimum Gasteiger partial charge on any atom is -0.481 e. The van der Waals surface area contributed by atoms with Gasteiger partial charge < -0.3 is 15.3 Å². The molecule has 2 N–H and O–H groups in total. The number of rotatable bonds is 7. The summed E-state index contributed by atoms with van der Waals surface area (Å²) in [7, 11) is 0. The van der Waals surface area contributed by atoms with Gasteiger partial charge in [0.2, 0.25) is 0 Å². The number of hydrogen-bond donors (Lipinski definition) is 2. The first-order chi connectivity index (χ1) is 8.79. The van der Waals surface area contributed by atoms with E-state index in [1.807, 2.05) is 19.9 Å². The van der Waals surface area contributed by atoms with E-state index in [1.54, 1.807) is 18.7 Å². The van der Waals surface area contributed by atoms with Crippen molar-refractivity contribution in [3.8, 4) is 6.07 Å². The molecule has 2 atom stereocenters. The number of carbonyl (C=O) groups is 2. The molecule has 0 aliphatic heterocycles. The van der Waals surface area contributed by atoms with Gasteiger partial charge >= 0.3 is 12.0 Å². The Balaban J connectivity index is 4.54. The van der Waals surface area contributed by atoms with E-state index in [0.717, 1.165) is 0 Å². The van der Waals surface area contributed by atoms with Gasteiger partial charge in [0.05, 0.1) is 18.4 Å². The third-order valence-corrected chi connectivity index (χ3v) is 2.86. The minimum atomic E-state index is -0.944. The molecular weight excluding hydrogens is 246 g/mol. The van der Waals surface area contributed by atoms with E-state index in [1.165, 1.54) is 0 Å². The van der Waals surface area contributed by atoms with Crippen molar-refractivity contribution in [2.24, 2.45) is 11.8 Å². The van der Waals surface area contributed by atoms with Crippen molar-refractivity contribution in [3.05, 3.63) is 0 Å². The Bertz CT molecular complexity index is 350. The second-order valence-electron chi connectivity index (χ2n) is 5.11. The highest BCUT2D eigenvalue weighted by atomic mass is 16.4. The fourth-order valence-electron chi connectivity index (χ4n) is 1.53. The average molecular weight is 269 g/mol. The molecule has 19 heavy (non-hydrogen) atoms. The first-order valence-electron chi connectivity index (χ1n) is 6.44. The number of urea groups is 1. The van der Waals surface area contributed by atoms with Crippen LogP contribution < -0.4 is 5.32 Å². The van der Waals surface area contributed by atoms with Crippen molar-refractivity contribution in [3.63, 3.8) is 0 Å². The summed E-state index contributed by atoms with van der Waals surface area (Å²) >= 11 is 0. The fraction of sp³-hybridized carbons (Fsp3) is 0.769. The lowest BCUT2D eigenvalue weighted by molar-refractivity contribution is -0.141. The normalized spacial score (nSPS) is 13.5. The molecule has 6 heteroatoms. The highest BCUT2D eigenvalue weighted by Crippen LogP contribution is 2.05. The molecule has 2 unspecified atom stereocenters. The lowest BCUT2D eigenvalue weighted by atomic mass is 10.0. The van der Waals surface area contributed by atoms with E-state index in [0.29, 0.717) is 13.1 Å². The van der Waals surface area contributed by atoms with Crippen LogP contribution in [-0.4, -0.2) is 41.1 Å². The van der Waals surface area contributed by atoms with Crippen LogP contribution in [0, 0.1) is 23.2 Å². The second kappa shape index (κ2) is 8.35. The minimum absolute atomic E-state index is 0.267. The van der Waals surface area contributed by atoms with Crippen LogP contribution in [0.15, 0.2) is 0 Å². The van der Waals surface area contributed by atoms with E-state index in [9.17, 15) is 9.59 Å². The maximum atomic E-state index is 12.0. The molecule has 0 heterocycles. The van der Waals surface area contributed by atoms with E-state index in [4.69, 9.17) is 10.4 Å². The van der Waals surface area contributed by atoms with Gasteiger partial charge in [-0.3, -0.25) is 4.79 Å². The molecule has 0 aromatic heterocycles. The summed E-state index contributed by atoms with van der Waals surface area (Å²) in [6, 6.07) is 1.23. The van der Waals surface area contributed by atoms with Crippen molar-refractivity contribution in [1.82, 2.24) is 10.2 Å². The zero-order valence-electron chi connectivity index (χ0n) is 12.0. The van der Waals surface area contributed by atoms with Crippen LogP contribution in [0.1, 0.15) is 34.1 Å². The first-order valence-corrected chi connectivity index (χ1v) is 6.44. The molecule has 0 aliphatic rings. The summed E-state index contributed by atoms with van der Waals surface area (Å²) < 4.78 is 0. The Morgan fingerprint density at radius 3 is 2.32 bits per heavy atom. The molecule has 6 nitrogen and oxygen atoms in total. The van der Waals surface area contributed by atoms with Crippen molar-refractivity contribution in [1.29, 1.82) is 5.26 Å². The Hall–Kier alpha value is -1.77. The number of nitrogens with zero attached hydrogens (tertiary/aromatic N) is 2. The highest BCUT2D eigenvalue weighted by molar-refractivity contribution is 5.76. The summed E-state index contributed by atoms with van der Waals surface area (Å²) in [6.45, 7) is 8.08. The van der Waals surface area contributed by atoms with Gasteiger partial charge in [-0.05, 0) is 19.8 Å². The highest BCUT2D eigenvalue weighted by Gasteiger charge is 2.23. The molecule has 0 saturated carbocycles. The van der Waals surface area contributed by atoms with E-state index in [-0.39, 0.29) is 18.4 Å². The van der Waals surface area contributed by atoms with Crippen molar-refractivity contribution in [2.45, 2.75) is 40.2 Å². The summed E-state index contributed by atoms with van der Waals surface area (Å²) in [6.07, 6.45) is 0.267. The SMILES string of the molecule is CC(C)CN(CCC#N)C(=O)NC(C)C(C)C(=O)O. The lowest BCUT2D eigenvalue weighted by Crippen LogP contribution is -2.48. The van der Waals surface area contributed by atoms with Gasteiger partial charge in [0.1, 0.15) is 0 Å². The first kappa shape index (κ1) is 17.2. The molecule has 0 radical (unpaired) electrons. The standard InChI is InChI=1S/C13H23N3O3/c1-9(2)8-16(7-5-6-14)13(19)15-11(4)10(3)12(17)18/h9-11H,5,7-8H2,1-4H3,(H,15,19)(H,17,18). The maximum Gasteiger partial charge on any atom is 0.317 e. The maximum absolute atomic E-state index is 12.0. The zero-order valence-corrected chi connectivity index (χ0v) is 12.0. The van der Waals surface area contributed by atoms with Gasteiger partial charge in [-0.1, -0.05) is 13.8 Å². The van der Waals surface area contributed by atoms with Gasteiger partial charge in [-0.2, -0.15) is 5.26 Å². The second-order valence-corrected chi connectivity index (χ2v) is 5.11. The quantitative estimate of drug-likeness (QED) is 0.735. The molecule has 0 fully saturated rings.